The van der Waals surface area contributed by atoms with Crippen LogP contribution < -0.4 is 0 Å². The van der Waals surface area contributed by atoms with Gasteiger partial charge in [-0.25, -0.2) is 8.78 Å². The highest BCUT2D eigenvalue weighted by atomic mass is 19.3. The molecule has 2 fully saturated rings. The first-order valence-corrected chi connectivity index (χ1v) is 6.92. The van der Waals surface area contributed by atoms with Crippen molar-refractivity contribution < 1.29 is 17.6 Å². The van der Waals surface area contributed by atoms with E-state index in [1.165, 1.54) is 4.68 Å². The van der Waals surface area contributed by atoms with Gasteiger partial charge in [-0.15, -0.1) is 0 Å². The minimum absolute atomic E-state index is 0.0151. The van der Waals surface area contributed by atoms with Crippen LogP contribution in [0, 0.1) is 18.3 Å². The Morgan fingerprint density at radius 1 is 1.35 bits per heavy atom. The van der Waals surface area contributed by atoms with E-state index in [-0.39, 0.29) is 29.9 Å². The average Bonchev–Trinajstić information content (AvgIpc) is 2.81. The van der Waals surface area contributed by atoms with E-state index < -0.39 is 11.8 Å². The maximum Gasteiger partial charge on any atom is 0.289 e. The smallest absolute Gasteiger partial charge is 0.271 e. The Morgan fingerprint density at radius 2 is 2.05 bits per heavy atom. The third-order valence-corrected chi connectivity index (χ3v) is 4.73. The molecule has 0 radical (unpaired) electrons. The molecule has 2 unspecified atom stereocenters. The highest BCUT2D eigenvalue weighted by molar-refractivity contribution is 5.19. The lowest BCUT2D eigenvalue weighted by Gasteiger charge is -2.27. The van der Waals surface area contributed by atoms with Gasteiger partial charge in [-0.2, -0.15) is 13.9 Å². The molecule has 1 heterocycles. The van der Waals surface area contributed by atoms with Crippen LogP contribution >= 0.6 is 0 Å². The first-order chi connectivity index (χ1) is 9.11. The topological polar surface area (TPSA) is 17.8 Å². The molecule has 2 atom stereocenters. The van der Waals surface area contributed by atoms with E-state index in [1.807, 2.05) is 0 Å². The molecule has 2 aliphatic rings. The van der Waals surface area contributed by atoms with Crippen LogP contribution in [0.4, 0.5) is 17.6 Å². The predicted molar refractivity (Wildman–Crippen MR) is 65.9 cm³/mol. The van der Waals surface area contributed by atoms with Crippen molar-refractivity contribution in [1.82, 2.24) is 9.78 Å². The molecule has 0 saturated heterocycles. The molecular weight excluding hydrogens is 272 g/mol. The highest BCUT2D eigenvalue weighted by Crippen LogP contribution is 2.65. The fourth-order valence-electron chi connectivity index (χ4n) is 3.55. The summed E-state index contributed by atoms with van der Waals surface area (Å²) in [5.74, 6) is -5.50. The first kappa shape index (κ1) is 13.9. The van der Waals surface area contributed by atoms with Gasteiger partial charge < -0.3 is 0 Å². The van der Waals surface area contributed by atoms with Gasteiger partial charge in [-0.1, -0.05) is 0 Å². The highest BCUT2D eigenvalue weighted by Gasteiger charge is 2.61. The van der Waals surface area contributed by atoms with Crippen LogP contribution in [0.3, 0.4) is 0 Å². The molecule has 0 bridgehead atoms. The SMILES string of the molecule is Cc1cn(CC23CCC(F)(F)CC2C3)nc1C(C)(F)F. The van der Waals surface area contributed by atoms with Gasteiger partial charge >= 0.3 is 0 Å². The summed E-state index contributed by atoms with van der Waals surface area (Å²) < 4.78 is 54.8. The number of fused-ring (bicyclic) bond motifs is 1. The Kier molecular flexibility index (Phi) is 2.77. The molecule has 0 aliphatic heterocycles. The molecule has 3 rings (SSSR count). The molecule has 2 nitrogen and oxygen atoms in total. The molecule has 20 heavy (non-hydrogen) atoms. The number of halogens is 4. The van der Waals surface area contributed by atoms with Crippen molar-refractivity contribution in [3.63, 3.8) is 0 Å². The van der Waals surface area contributed by atoms with Crippen molar-refractivity contribution in [3.8, 4) is 0 Å². The third kappa shape index (κ3) is 2.33. The molecule has 2 aliphatic carbocycles. The molecular formula is C14H18F4N2. The van der Waals surface area contributed by atoms with Gasteiger partial charge in [-0.3, -0.25) is 4.68 Å². The zero-order valence-corrected chi connectivity index (χ0v) is 11.6. The number of hydrogen-bond donors (Lipinski definition) is 0. The van der Waals surface area contributed by atoms with Gasteiger partial charge in [0.25, 0.3) is 5.92 Å². The summed E-state index contributed by atoms with van der Waals surface area (Å²) in [6, 6.07) is 0. The minimum Gasteiger partial charge on any atom is -0.271 e. The second kappa shape index (κ2) is 3.98. The van der Waals surface area contributed by atoms with Gasteiger partial charge in [0.05, 0.1) is 0 Å². The zero-order chi connectivity index (χ0) is 14.8. The van der Waals surface area contributed by atoms with Crippen molar-refractivity contribution in [2.75, 3.05) is 0 Å². The molecule has 1 aromatic rings. The van der Waals surface area contributed by atoms with Gasteiger partial charge in [0, 0.05) is 32.5 Å². The number of nitrogens with zero attached hydrogens (tertiary/aromatic N) is 2. The minimum atomic E-state index is -2.96. The maximum atomic E-state index is 13.3. The van der Waals surface area contributed by atoms with Crippen molar-refractivity contribution in [2.24, 2.45) is 11.3 Å². The number of hydrogen-bond acceptors (Lipinski definition) is 1. The quantitative estimate of drug-likeness (QED) is 0.765. The number of rotatable bonds is 3. The van der Waals surface area contributed by atoms with E-state index in [9.17, 15) is 17.6 Å². The van der Waals surface area contributed by atoms with Gasteiger partial charge in [0.2, 0.25) is 5.92 Å². The zero-order valence-electron chi connectivity index (χ0n) is 11.6. The maximum absolute atomic E-state index is 13.3. The summed E-state index contributed by atoms with van der Waals surface area (Å²) in [7, 11) is 0. The summed E-state index contributed by atoms with van der Waals surface area (Å²) >= 11 is 0. The van der Waals surface area contributed by atoms with Crippen LogP contribution in [0.15, 0.2) is 6.20 Å². The van der Waals surface area contributed by atoms with Crippen molar-refractivity contribution >= 4 is 0 Å². The molecule has 112 valence electrons. The predicted octanol–water partition coefficient (Wildman–Crippen LogP) is 4.13. The molecule has 2 saturated carbocycles. The van der Waals surface area contributed by atoms with Gasteiger partial charge in [0.1, 0.15) is 5.69 Å². The fraction of sp³-hybridized carbons (Fsp3) is 0.786. The van der Waals surface area contributed by atoms with E-state index in [2.05, 4.69) is 5.10 Å². The largest absolute Gasteiger partial charge is 0.289 e. The summed E-state index contributed by atoms with van der Waals surface area (Å²) in [5, 5.41) is 3.96. The van der Waals surface area contributed by atoms with Crippen molar-refractivity contribution in [2.45, 2.75) is 57.9 Å². The Hall–Kier alpha value is -1.07. The molecule has 1 aromatic heterocycles. The van der Waals surface area contributed by atoms with E-state index in [0.717, 1.165) is 13.3 Å². The Labute approximate surface area is 115 Å². The average molecular weight is 290 g/mol. The Morgan fingerprint density at radius 3 is 2.60 bits per heavy atom. The summed E-state index contributed by atoms with van der Waals surface area (Å²) in [4.78, 5) is 0. The van der Waals surface area contributed by atoms with Gasteiger partial charge in [0.15, 0.2) is 0 Å². The Bertz CT molecular complexity index is 532. The van der Waals surface area contributed by atoms with Crippen LogP contribution in [0.2, 0.25) is 0 Å². The van der Waals surface area contributed by atoms with E-state index >= 15 is 0 Å². The van der Waals surface area contributed by atoms with E-state index in [1.54, 1.807) is 13.1 Å². The van der Waals surface area contributed by atoms with Crippen LogP contribution in [0.5, 0.6) is 0 Å². The second-order valence-electron chi connectivity index (χ2n) is 6.57. The third-order valence-electron chi connectivity index (χ3n) is 4.73. The standard InChI is InChI=1S/C14H18F4N2/c1-9-7-20(19-11(9)12(2,15)16)8-13-3-4-14(17,18)6-10(13)5-13/h7,10H,3-6,8H2,1-2H3. The lowest BCUT2D eigenvalue weighted by Crippen LogP contribution is -2.28. The second-order valence-corrected chi connectivity index (χ2v) is 6.57. The number of aromatic nitrogens is 2. The number of alkyl halides is 4. The normalized spacial score (nSPS) is 32.0. The summed E-state index contributed by atoms with van der Waals surface area (Å²) in [6.45, 7) is 2.91. The molecule has 0 N–H and O–H groups in total. The van der Waals surface area contributed by atoms with Crippen molar-refractivity contribution in [1.29, 1.82) is 0 Å². The summed E-state index contributed by atoms with van der Waals surface area (Å²) in [5.41, 5.74) is 0.0972. The summed E-state index contributed by atoms with van der Waals surface area (Å²) in [6.07, 6.45) is 2.66. The van der Waals surface area contributed by atoms with Gasteiger partial charge in [-0.05, 0) is 36.7 Å². The van der Waals surface area contributed by atoms with E-state index in [0.29, 0.717) is 18.5 Å². The molecule has 0 amide bonds. The van der Waals surface area contributed by atoms with E-state index in [4.69, 9.17) is 0 Å². The monoisotopic (exact) mass is 290 g/mol. The molecule has 0 aromatic carbocycles. The lowest BCUT2D eigenvalue weighted by atomic mass is 9.86. The molecule has 6 heteroatoms. The van der Waals surface area contributed by atoms with Crippen LogP contribution in [0.1, 0.15) is 43.9 Å². The lowest BCUT2D eigenvalue weighted by molar-refractivity contribution is -0.0502. The molecule has 0 spiro atoms. The number of aryl methyl sites for hydroxylation is 1. The van der Waals surface area contributed by atoms with Crippen LogP contribution in [0.25, 0.3) is 0 Å². The van der Waals surface area contributed by atoms with Crippen LogP contribution in [-0.2, 0) is 12.5 Å². The van der Waals surface area contributed by atoms with Crippen LogP contribution in [-0.4, -0.2) is 15.7 Å². The van der Waals surface area contributed by atoms with Crippen molar-refractivity contribution in [3.05, 3.63) is 17.5 Å². The Balaban J connectivity index is 1.75. The fourth-order valence-corrected chi connectivity index (χ4v) is 3.55. The first-order valence-electron chi connectivity index (χ1n) is 6.92.